The van der Waals surface area contributed by atoms with Crippen molar-refractivity contribution in [2.75, 3.05) is 68.0 Å². The number of carbonyl (C=O) groups excluding carboxylic acids is 2. The number of benzene rings is 2. The Kier molecular flexibility index (Phi) is 11.9. The second kappa shape index (κ2) is 17.5. The highest BCUT2D eigenvalue weighted by molar-refractivity contribution is 7.89. The SMILES string of the molecule is CC(C)Oc1c(-c2cn[nH]c2)ncn2nc(NC3CCN(S(=O)(=O)c4cccc(CN5CCN(c6ccc7c(N(C)CCC(=O)NC=O)nn(C)c7c6)CC5)c4)CC3C)nc12. The maximum Gasteiger partial charge on any atom is 0.243 e. The predicted octanol–water partition coefficient (Wildman–Crippen LogP) is 3.12. The first-order valence-corrected chi connectivity index (χ1v) is 22.0. The number of rotatable bonds is 15. The lowest BCUT2D eigenvalue weighted by Gasteiger charge is -2.37. The predicted molar refractivity (Wildman–Crippen MR) is 231 cm³/mol. The van der Waals surface area contributed by atoms with Gasteiger partial charge in [-0.25, -0.2) is 13.4 Å². The summed E-state index contributed by atoms with van der Waals surface area (Å²) >= 11 is 0. The van der Waals surface area contributed by atoms with Gasteiger partial charge in [0.15, 0.2) is 11.6 Å². The smallest absolute Gasteiger partial charge is 0.243 e. The first kappa shape index (κ1) is 41.6. The van der Waals surface area contributed by atoms with E-state index < -0.39 is 10.0 Å². The summed E-state index contributed by atoms with van der Waals surface area (Å²) in [6.07, 6.45) is 6.08. The molecule has 0 bridgehead atoms. The maximum absolute atomic E-state index is 14.0. The fraction of sp³-hybridized carbons (Fsp3) is 0.439. The molecule has 322 valence electrons. The van der Waals surface area contributed by atoms with E-state index in [1.807, 2.05) is 62.6 Å². The van der Waals surface area contributed by atoms with Crippen LogP contribution in [-0.2, 0) is 33.2 Å². The Morgan fingerprint density at radius 1 is 1.10 bits per heavy atom. The number of aryl methyl sites for hydroxylation is 1. The summed E-state index contributed by atoms with van der Waals surface area (Å²) in [6, 6.07) is 13.6. The number of carbonyl (C=O) groups is 2. The van der Waals surface area contributed by atoms with Gasteiger partial charge >= 0.3 is 0 Å². The normalized spacial score (nSPS) is 17.9. The van der Waals surface area contributed by atoms with Crippen LogP contribution >= 0.6 is 0 Å². The number of nitrogens with zero attached hydrogens (tertiary/aromatic N) is 11. The minimum Gasteiger partial charge on any atom is -0.485 e. The molecule has 2 fully saturated rings. The molecule has 2 unspecified atom stereocenters. The van der Waals surface area contributed by atoms with E-state index in [1.54, 1.807) is 33.6 Å². The number of H-pyrrole nitrogens is 1. The molecule has 2 aliphatic rings. The Morgan fingerprint density at radius 2 is 1.92 bits per heavy atom. The zero-order valence-corrected chi connectivity index (χ0v) is 35.8. The number of ether oxygens (including phenoxy) is 1. The molecule has 0 radical (unpaired) electrons. The molecule has 2 amide bonds. The average Bonchev–Trinajstić information content (AvgIpc) is 4.01. The first-order valence-electron chi connectivity index (χ1n) is 20.5. The van der Waals surface area contributed by atoms with Crippen molar-refractivity contribution in [2.24, 2.45) is 13.0 Å². The molecule has 8 rings (SSSR count). The summed E-state index contributed by atoms with van der Waals surface area (Å²) in [5.74, 6) is 1.36. The van der Waals surface area contributed by atoms with Crippen molar-refractivity contribution in [2.45, 2.75) is 57.2 Å². The van der Waals surface area contributed by atoms with Gasteiger partial charge in [0, 0.05) is 102 Å². The van der Waals surface area contributed by atoms with Crippen LogP contribution in [-0.4, -0.2) is 135 Å². The highest BCUT2D eigenvalue weighted by Gasteiger charge is 2.34. The van der Waals surface area contributed by atoms with Crippen molar-refractivity contribution in [1.82, 2.24) is 54.1 Å². The van der Waals surface area contributed by atoms with Crippen LogP contribution < -0.4 is 25.2 Å². The number of sulfonamides is 1. The summed E-state index contributed by atoms with van der Waals surface area (Å²) in [5.41, 5.74) is 4.97. The van der Waals surface area contributed by atoms with E-state index in [0.717, 1.165) is 59.7 Å². The Balaban J connectivity index is 0.865. The van der Waals surface area contributed by atoms with Crippen molar-refractivity contribution in [3.8, 4) is 17.0 Å². The monoisotopic (exact) mass is 852 g/mol. The number of aromatic amines is 1. The summed E-state index contributed by atoms with van der Waals surface area (Å²) in [6.45, 7) is 11.0. The number of amides is 2. The van der Waals surface area contributed by atoms with E-state index in [0.29, 0.717) is 66.9 Å². The zero-order chi connectivity index (χ0) is 42.8. The van der Waals surface area contributed by atoms with Crippen molar-refractivity contribution in [3.63, 3.8) is 0 Å². The topological polar surface area (TPSA) is 204 Å². The van der Waals surface area contributed by atoms with Gasteiger partial charge in [0.05, 0.1) is 22.7 Å². The van der Waals surface area contributed by atoms with E-state index >= 15 is 0 Å². The van der Waals surface area contributed by atoms with E-state index in [4.69, 9.17) is 14.8 Å². The van der Waals surface area contributed by atoms with Gasteiger partial charge < -0.3 is 19.9 Å². The third-order valence-corrected chi connectivity index (χ3v) is 13.3. The molecule has 2 atom stereocenters. The third kappa shape index (κ3) is 8.87. The molecule has 0 spiro atoms. The molecule has 6 aromatic rings. The van der Waals surface area contributed by atoms with Gasteiger partial charge in [-0.2, -0.15) is 24.0 Å². The van der Waals surface area contributed by atoms with Crippen LogP contribution in [0, 0.1) is 5.92 Å². The van der Waals surface area contributed by atoms with Crippen LogP contribution in [0.4, 0.5) is 17.5 Å². The Hall–Kier alpha value is -6.12. The first-order chi connectivity index (χ1) is 29.4. The molecule has 20 heteroatoms. The Bertz CT molecular complexity index is 2620. The quantitative estimate of drug-likeness (QED) is 0.127. The molecule has 3 N–H and O–H groups in total. The molecule has 61 heavy (non-hydrogen) atoms. The minimum absolute atomic E-state index is 0.0164. The number of hydrogen-bond acceptors (Lipinski definition) is 14. The number of anilines is 3. The lowest BCUT2D eigenvalue weighted by atomic mass is 9.95. The van der Waals surface area contributed by atoms with Crippen LogP contribution in [0.15, 0.2) is 66.1 Å². The van der Waals surface area contributed by atoms with Gasteiger partial charge in [0.25, 0.3) is 0 Å². The largest absolute Gasteiger partial charge is 0.485 e. The number of piperazine rings is 1. The van der Waals surface area contributed by atoms with Crippen LogP contribution in [0.1, 0.15) is 39.2 Å². The lowest BCUT2D eigenvalue weighted by molar-refractivity contribution is -0.125. The summed E-state index contributed by atoms with van der Waals surface area (Å²) in [7, 11) is 0.0669. The van der Waals surface area contributed by atoms with Crippen LogP contribution in [0.5, 0.6) is 5.75 Å². The molecule has 2 aromatic carbocycles. The molecule has 0 aliphatic carbocycles. The summed E-state index contributed by atoms with van der Waals surface area (Å²) < 4.78 is 39.3. The zero-order valence-electron chi connectivity index (χ0n) is 35.0. The van der Waals surface area contributed by atoms with Crippen molar-refractivity contribution in [1.29, 1.82) is 0 Å². The summed E-state index contributed by atoms with van der Waals surface area (Å²) in [4.78, 5) is 38.7. The Morgan fingerprint density at radius 3 is 2.66 bits per heavy atom. The van der Waals surface area contributed by atoms with Crippen LogP contribution in [0.3, 0.4) is 0 Å². The van der Waals surface area contributed by atoms with Crippen LogP contribution in [0.25, 0.3) is 27.8 Å². The standard InChI is InChI=1S/C41H52N14O5S/c1-27(2)60-38-37(30-21-44-45-22-30)42-25-55-40(38)47-41(49-55)46-34-11-14-54(23-28(34)3)61(58,59)32-8-6-7-29(19-32)24-52-15-17-53(18-16-52)31-9-10-33-35(20-31)51(5)48-39(33)50(4)13-12-36(57)43-26-56/h6-10,19-22,25-28,34H,11-18,23-24H2,1-5H3,(H,44,45)(H,46,49)(H,43,56,57). The third-order valence-electron chi connectivity index (χ3n) is 11.4. The number of hydrogen-bond donors (Lipinski definition) is 3. The number of imide groups is 1. The fourth-order valence-corrected chi connectivity index (χ4v) is 9.75. The number of fused-ring (bicyclic) bond motifs is 2. The van der Waals surface area contributed by atoms with Crippen molar-refractivity contribution < 1.29 is 22.7 Å². The van der Waals surface area contributed by atoms with E-state index in [-0.39, 0.29) is 30.4 Å². The van der Waals surface area contributed by atoms with Gasteiger partial charge in [-0.1, -0.05) is 19.1 Å². The molecule has 19 nitrogen and oxygen atoms in total. The molecular weight excluding hydrogens is 801 g/mol. The van der Waals surface area contributed by atoms with Crippen LogP contribution in [0.2, 0.25) is 0 Å². The van der Waals surface area contributed by atoms with Crippen molar-refractivity contribution in [3.05, 3.63) is 66.7 Å². The summed E-state index contributed by atoms with van der Waals surface area (Å²) in [5, 5.41) is 22.8. The number of aromatic nitrogens is 8. The molecule has 4 aromatic heterocycles. The van der Waals surface area contributed by atoms with E-state index in [1.165, 1.54) is 0 Å². The van der Waals surface area contributed by atoms with E-state index in [9.17, 15) is 18.0 Å². The second-order valence-electron chi connectivity index (χ2n) is 16.1. The minimum atomic E-state index is -3.73. The van der Waals surface area contributed by atoms with Crippen molar-refractivity contribution >= 4 is 56.3 Å². The second-order valence-corrected chi connectivity index (χ2v) is 18.0. The van der Waals surface area contributed by atoms with Gasteiger partial charge in [0.2, 0.25) is 33.9 Å². The van der Waals surface area contributed by atoms with E-state index in [2.05, 4.69) is 58.9 Å². The lowest BCUT2D eigenvalue weighted by Crippen LogP contribution is -2.47. The van der Waals surface area contributed by atoms with Gasteiger partial charge in [-0.15, -0.1) is 5.10 Å². The molecule has 6 heterocycles. The molecule has 2 saturated heterocycles. The fourth-order valence-electron chi connectivity index (χ4n) is 8.13. The number of piperidine rings is 1. The Labute approximate surface area is 354 Å². The molecule has 0 saturated carbocycles. The molecular formula is C41H52N14O5S. The number of nitrogens with one attached hydrogen (secondary N) is 3. The average molecular weight is 853 g/mol. The van der Waals surface area contributed by atoms with Gasteiger partial charge in [-0.05, 0) is 62.1 Å². The highest BCUT2D eigenvalue weighted by Crippen LogP contribution is 2.33. The maximum atomic E-state index is 14.0. The van der Waals surface area contributed by atoms with Gasteiger partial charge in [0.1, 0.15) is 12.0 Å². The molecule has 2 aliphatic heterocycles. The highest BCUT2D eigenvalue weighted by atomic mass is 32.2. The van der Waals surface area contributed by atoms with Gasteiger partial charge in [-0.3, -0.25) is 29.6 Å².